The third-order valence-electron chi connectivity index (χ3n) is 2.21. The lowest BCUT2D eigenvalue weighted by atomic mass is 10.1. The normalized spacial score (nSPS) is 10.6. The van der Waals surface area contributed by atoms with Crippen molar-refractivity contribution >= 4 is 10.8 Å². The number of fused-ring (bicyclic) bond motifs is 1. The van der Waals surface area contributed by atoms with Gasteiger partial charge in [0.05, 0.1) is 0 Å². The number of aromatic hydroxyl groups is 1. The molecule has 0 radical (unpaired) electrons. The van der Waals surface area contributed by atoms with Crippen LogP contribution in [-0.2, 0) is 6.42 Å². The molecule has 0 aliphatic carbocycles. The Hall–Kier alpha value is -1.61. The van der Waals surface area contributed by atoms with Gasteiger partial charge in [0.1, 0.15) is 5.75 Å². The molecule has 0 spiro atoms. The zero-order valence-corrected chi connectivity index (χ0v) is 7.77. The van der Waals surface area contributed by atoms with Crippen molar-refractivity contribution in [1.29, 1.82) is 0 Å². The summed E-state index contributed by atoms with van der Waals surface area (Å²) in [6.45, 7) is 0.590. The second-order valence-corrected chi connectivity index (χ2v) is 3.20. The van der Waals surface area contributed by atoms with Crippen LogP contribution in [0.4, 0.5) is 0 Å². The highest BCUT2D eigenvalue weighted by Gasteiger charge is 2.01. The van der Waals surface area contributed by atoms with Crippen molar-refractivity contribution in [2.24, 2.45) is 5.73 Å². The van der Waals surface area contributed by atoms with Gasteiger partial charge in [0, 0.05) is 23.7 Å². The van der Waals surface area contributed by atoms with Crippen molar-refractivity contribution in [1.82, 2.24) is 4.98 Å². The molecule has 1 heterocycles. The predicted molar refractivity (Wildman–Crippen MR) is 56.2 cm³/mol. The molecule has 2 aromatic rings. The van der Waals surface area contributed by atoms with Crippen LogP contribution >= 0.6 is 0 Å². The molecule has 3 heteroatoms. The number of rotatable bonds is 2. The van der Waals surface area contributed by atoms with E-state index in [0.29, 0.717) is 6.54 Å². The summed E-state index contributed by atoms with van der Waals surface area (Å²) < 4.78 is 0. The summed E-state index contributed by atoms with van der Waals surface area (Å²) in [6.07, 6.45) is 2.51. The van der Waals surface area contributed by atoms with Crippen molar-refractivity contribution in [3.05, 3.63) is 36.2 Å². The van der Waals surface area contributed by atoms with Gasteiger partial charge in [0.15, 0.2) is 0 Å². The third kappa shape index (κ3) is 1.54. The Labute approximate surface area is 82.2 Å². The van der Waals surface area contributed by atoms with Gasteiger partial charge in [-0.2, -0.15) is 0 Å². The molecule has 1 aromatic carbocycles. The van der Waals surface area contributed by atoms with Crippen molar-refractivity contribution in [3.63, 3.8) is 0 Å². The molecule has 0 saturated heterocycles. The van der Waals surface area contributed by atoms with Crippen LogP contribution in [0.3, 0.4) is 0 Å². The number of phenols is 1. The number of aromatic nitrogens is 1. The molecule has 0 aliphatic rings. The highest BCUT2D eigenvalue weighted by molar-refractivity contribution is 5.85. The third-order valence-corrected chi connectivity index (χ3v) is 2.21. The van der Waals surface area contributed by atoms with Crippen LogP contribution in [0, 0.1) is 0 Å². The molecule has 0 fully saturated rings. The molecule has 0 atom stereocenters. The molecule has 0 saturated carbocycles. The van der Waals surface area contributed by atoms with Gasteiger partial charge in [0.25, 0.3) is 0 Å². The second kappa shape index (κ2) is 3.64. The number of phenolic OH excluding ortho intramolecular Hbond substituents is 1. The van der Waals surface area contributed by atoms with E-state index in [0.717, 1.165) is 22.9 Å². The van der Waals surface area contributed by atoms with Gasteiger partial charge in [-0.25, -0.2) is 0 Å². The first-order valence-corrected chi connectivity index (χ1v) is 4.58. The Morgan fingerprint density at radius 3 is 2.93 bits per heavy atom. The maximum absolute atomic E-state index is 9.31. The first kappa shape index (κ1) is 8.97. The molecule has 3 nitrogen and oxygen atoms in total. The molecule has 0 amide bonds. The second-order valence-electron chi connectivity index (χ2n) is 3.20. The molecule has 0 aliphatic heterocycles. The van der Waals surface area contributed by atoms with Gasteiger partial charge in [-0.15, -0.1) is 0 Å². The number of hydrogen-bond acceptors (Lipinski definition) is 3. The van der Waals surface area contributed by atoms with Crippen molar-refractivity contribution in [3.8, 4) is 5.75 Å². The van der Waals surface area contributed by atoms with Gasteiger partial charge in [-0.3, -0.25) is 4.98 Å². The molecular formula is C11H12N2O. The summed E-state index contributed by atoms with van der Waals surface area (Å²) in [7, 11) is 0. The van der Waals surface area contributed by atoms with Crippen LogP contribution < -0.4 is 5.73 Å². The highest BCUT2D eigenvalue weighted by atomic mass is 16.3. The average Bonchev–Trinajstić information content (AvgIpc) is 2.18. The lowest BCUT2D eigenvalue weighted by Crippen LogP contribution is -2.04. The van der Waals surface area contributed by atoms with Gasteiger partial charge in [-0.1, -0.05) is 0 Å². The Morgan fingerprint density at radius 1 is 1.29 bits per heavy atom. The Bertz CT molecular complexity index is 454. The average molecular weight is 188 g/mol. The summed E-state index contributed by atoms with van der Waals surface area (Å²) in [5, 5.41) is 11.4. The van der Waals surface area contributed by atoms with Crippen molar-refractivity contribution in [2.45, 2.75) is 6.42 Å². The summed E-state index contributed by atoms with van der Waals surface area (Å²) >= 11 is 0. The number of nitrogens with two attached hydrogens (primary N) is 1. The summed E-state index contributed by atoms with van der Waals surface area (Å²) in [4.78, 5) is 4.26. The van der Waals surface area contributed by atoms with E-state index in [4.69, 9.17) is 5.73 Å². The summed E-state index contributed by atoms with van der Waals surface area (Å²) in [5.74, 6) is 0.280. The predicted octanol–water partition coefficient (Wildman–Crippen LogP) is 1.44. The summed E-state index contributed by atoms with van der Waals surface area (Å²) in [6, 6.07) is 7.17. The molecule has 1 aromatic heterocycles. The minimum absolute atomic E-state index is 0.280. The lowest BCUT2D eigenvalue weighted by molar-refractivity contribution is 0.476. The van der Waals surface area contributed by atoms with E-state index < -0.39 is 0 Å². The standard InChI is InChI=1S/C11H12N2O/c12-5-3-11-10-2-1-9(14)7-8(10)4-6-13-11/h1-2,4,6-7,14H,3,5,12H2. The molecule has 0 bridgehead atoms. The highest BCUT2D eigenvalue weighted by Crippen LogP contribution is 2.21. The van der Waals surface area contributed by atoms with E-state index >= 15 is 0 Å². The lowest BCUT2D eigenvalue weighted by Gasteiger charge is -2.04. The van der Waals surface area contributed by atoms with Crippen LogP contribution in [0.1, 0.15) is 5.69 Å². The Balaban J connectivity index is 2.62. The van der Waals surface area contributed by atoms with E-state index in [9.17, 15) is 5.11 Å². The Morgan fingerprint density at radius 2 is 2.14 bits per heavy atom. The van der Waals surface area contributed by atoms with Crippen LogP contribution in [0.5, 0.6) is 5.75 Å². The minimum Gasteiger partial charge on any atom is -0.508 e. The van der Waals surface area contributed by atoms with Crippen LogP contribution in [0.2, 0.25) is 0 Å². The first-order valence-electron chi connectivity index (χ1n) is 4.58. The molecule has 14 heavy (non-hydrogen) atoms. The monoisotopic (exact) mass is 188 g/mol. The number of hydrogen-bond donors (Lipinski definition) is 2. The fourth-order valence-corrected chi connectivity index (χ4v) is 1.56. The fraction of sp³-hybridized carbons (Fsp3) is 0.182. The summed E-state index contributed by atoms with van der Waals surface area (Å²) in [5.41, 5.74) is 6.48. The van der Waals surface area contributed by atoms with Crippen LogP contribution in [-0.4, -0.2) is 16.6 Å². The van der Waals surface area contributed by atoms with E-state index in [1.165, 1.54) is 0 Å². The molecule has 3 N–H and O–H groups in total. The van der Waals surface area contributed by atoms with Gasteiger partial charge < -0.3 is 10.8 Å². The minimum atomic E-state index is 0.280. The zero-order valence-electron chi connectivity index (χ0n) is 7.77. The van der Waals surface area contributed by atoms with E-state index in [-0.39, 0.29) is 5.75 Å². The van der Waals surface area contributed by atoms with Gasteiger partial charge in [-0.05, 0) is 36.2 Å². The molecule has 2 rings (SSSR count). The first-order chi connectivity index (χ1) is 6.81. The molecule has 72 valence electrons. The smallest absolute Gasteiger partial charge is 0.116 e. The SMILES string of the molecule is NCCc1nccc2cc(O)ccc12. The molecular weight excluding hydrogens is 176 g/mol. The van der Waals surface area contributed by atoms with Crippen LogP contribution in [0.15, 0.2) is 30.5 Å². The van der Waals surface area contributed by atoms with Crippen molar-refractivity contribution < 1.29 is 5.11 Å². The Kier molecular flexibility index (Phi) is 2.33. The number of nitrogens with zero attached hydrogens (tertiary/aromatic N) is 1. The van der Waals surface area contributed by atoms with Crippen molar-refractivity contribution in [2.75, 3.05) is 6.54 Å². The van der Waals surface area contributed by atoms with E-state index in [1.807, 2.05) is 12.1 Å². The van der Waals surface area contributed by atoms with Crippen LogP contribution in [0.25, 0.3) is 10.8 Å². The number of benzene rings is 1. The van der Waals surface area contributed by atoms with E-state index in [1.54, 1.807) is 18.3 Å². The van der Waals surface area contributed by atoms with Gasteiger partial charge in [0.2, 0.25) is 0 Å². The van der Waals surface area contributed by atoms with E-state index in [2.05, 4.69) is 4.98 Å². The zero-order chi connectivity index (χ0) is 9.97. The largest absolute Gasteiger partial charge is 0.508 e. The maximum Gasteiger partial charge on any atom is 0.116 e. The maximum atomic E-state index is 9.31. The number of pyridine rings is 1. The van der Waals surface area contributed by atoms with Gasteiger partial charge >= 0.3 is 0 Å². The molecule has 0 unspecified atom stereocenters. The topological polar surface area (TPSA) is 59.1 Å². The fourth-order valence-electron chi connectivity index (χ4n) is 1.56. The quantitative estimate of drug-likeness (QED) is 0.749.